The number of carboxylic acids is 1. The van der Waals surface area contributed by atoms with Crippen LogP contribution in [0.15, 0.2) is 12.1 Å². The van der Waals surface area contributed by atoms with Crippen LogP contribution in [0.4, 0.5) is 4.39 Å². The molecule has 0 aliphatic heterocycles. The van der Waals surface area contributed by atoms with Crippen LogP contribution in [0.25, 0.3) is 0 Å². The predicted octanol–water partition coefficient (Wildman–Crippen LogP) is 1.35. The molecule has 0 spiro atoms. The molecule has 0 aliphatic carbocycles. The van der Waals surface area contributed by atoms with Crippen LogP contribution in [0.5, 0.6) is 11.5 Å². The highest BCUT2D eigenvalue weighted by atomic mass is 19.1. The summed E-state index contributed by atoms with van der Waals surface area (Å²) in [6.45, 7) is 0. The smallest absolute Gasteiger partial charge is 0.306 e. The molecule has 0 aromatic heterocycles. The van der Waals surface area contributed by atoms with Gasteiger partial charge in [0.25, 0.3) is 0 Å². The number of carboxylic acid groups (broad SMARTS) is 1. The fourth-order valence-corrected chi connectivity index (χ4v) is 1.52. The molecule has 0 radical (unpaired) electrons. The molecule has 5 nitrogen and oxygen atoms in total. The first-order valence-electron chi connectivity index (χ1n) is 4.81. The standard InChI is InChI=1S/C11H13FO5/c1-16-8-4-3-6(12)11(17-2)10(8)7(13)5-9(14)15/h3-4,7,13H,5H2,1-2H3,(H,14,15)/t7-/m0/s1. The second-order valence-corrected chi connectivity index (χ2v) is 3.31. The minimum atomic E-state index is -1.40. The number of ether oxygens (including phenoxy) is 2. The van der Waals surface area contributed by atoms with Gasteiger partial charge in [-0.3, -0.25) is 4.79 Å². The Morgan fingerprint density at radius 2 is 2.06 bits per heavy atom. The lowest BCUT2D eigenvalue weighted by Gasteiger charge is -2.17. The van der Waals surface area contributed by atoms with Crippen molar-refractivity contribution in [2.45, 2.75) is 12.5 Å². The summed E-state index contributed by atoms with van der Waals surface area (Å²) < 4.78 is 23.2. The Balaban J connectivity index is 3.26. The number of aliphatic hydroxyl groups is 1. The maximum atomic E-state index is 13.4. The van der Waals surface area contributed by atoms with Gasteiger partial charge >= 0.3 is 5.97 Å². The van der Waals surface area contributed by atoms with Crippen LogP contribution in [-0.2, 0) is 4.79 Å². The van der Waals surface area contributed by atoms with Gasteiger partial charge in [-0.05, 0) is 12.1 Å². The van der Waals surface area contributed by atoms with Gasteiger partial charge in [0.1, 0.15) is 5.75 Å². The van der Waals surface area contributed by atoms with E-state index in [9.17, 15) is 14.3 Å². The van der Waals surface area contributed by atoms with Crippen molar-refractivity contribution < 1.29 is 28.9 Å². The maximum absolute atomic E-state index is 13.4. The first kappa shape index (κ1) is 13.2. The minimum absolute atomic E-state index is 0.00241. The van der Waals surface area contributed by atoms with E-state index in [1.165, 1.54) is 20.3 Å². The van der Waals surface area contributed by atoms with Crippen LogP contribution in [0.3, 0.4) is 0 Å². The zero-order valence-corrected chi connectivity index (χ0v) is 9.44. The molecule has 0 saturated heterocycles. The molecule has 0 fully saturated rings. The van der Waals surface area contributed by atoms with Gasteiger partial charge in [0.15, 0.2) is 11.6 Å². The molecule has 1 rings (SSSR count). The van der Waals surface area contributed by atoms with Gasteiger partial charge in [-0.15, -0.1) is 0 Å². The van der Waals surface area contributed by atoms with E-state index < -0.39 is 24.3 Å². The molecule has 1 atom stereocenters. The molecule has 0 saturated carbocycles. The van der Waals surface area contributed by atoms with Crippen molar-refractivity contribution in [1.29, 1.82) is 0 Å². The zero-order valence-electron chi connectivity index (χ0n) is 9.44. The van der Waals surface area contributed by atoms with E-state index in [4.69, 9.17) is 14.6 Å². The SMILES string of the molecule is COc1ccc(F)c(OC)c1[C@@H](O)CC(=O)O. The van der Waals surface area contributed by atoms with Crippen LogP contribution in [-0.4, -0.2) is 30.4 Å². The number of benzene rings is 1. The molecule has 0 aliphatic rings. The number of rotatable bonds is 5. The molecule has 1 aromatic carbocycles. The number of methoxy groups -OCH3 is 2. The first-order chi connectivity index (χ1) is 8.01. The molecule has 94 valence electrons. The third-order valence-corrected chi connectivity index (χ3v) is 2.23. The topological polar surface area (TPSA) is 76.0 Å². The van der Waals surface area contributed by atoms with Gasteiger partial charge < -0.3 is 19.7 Å². The van der Waals surface area contributed by atoms with E-state index in [2.05, 4.69) is 0 Å². The highest BCUT2D eigenvalue weighted by Gasteiger charge is 2.23. The van der Waals surface area contributed by atoms with Crippen molar-refractivity contribution in [3.8, 4) is 11.5 Å². The summed E-state index contributed by atoms with van der Waals surface area (Å²) in [5, 5.41) is 18.3. The first-order valence-corrected chi connectivity index (χ1v) is 4.81. The van der Waals surface area contributed by atoms with Crippen LogP contribution >= 0.6 is 0 Å². The van der Waals surface area contributed by atoms with Gasteiger partial charge in [0, 0.05) is 0 Å². The highest BCUT2D eigenvalue weighted by Crippen LogP contribution is 2.37. The molecular weight excluding hydrogens is 231 g/mol. The Labute approximate surface area is 97.4 Å². The van der Waals surface area contributed by atoms with Crippen molar-refractivity contribution in [2.24, 2.45) is 0 Å². The van der Waals surface area contributed by atoms with Crippen molar-refractivity contribution in [2.75, 3.05) is 14.2 Å². The lowest BCUT2D eigenvalue weighted by Crippen LogP contribution is -2.09. The van der Waals surface area contributed by atoms with Crippen molar-refractivity contribution in [3.05, 3.63) is 23.5 Å². The molecule has 1 aromatic rings. The summed E-state index contributed by atoms with van der Waals surface area (Å²) in [7, 11) is 2.57. The van der Waals surface area contributed by atoms with Crippen molar-refractivity contribution in [1.82, 2.24) is 0 Å². The molecule has 0 heterocycles. The summed E-state index contributed by atoms with van der Waals surface area (Å²) >= 11 is 0. The number of aliphatic hydroxyl groups excluding tert-OH is 1. The average Bonchev–Trinajstić information content (AvgIpc) is 2.27. The van der Waals surface area contributed by atoms with E-state index in [1.54, 1.807) is 0 Å². The monoisotopic (exact) mass is 244 g/mol. The number of hydrogen-bond donors (Lipinski definition) is 2. The second-order valence-electron chi connectivity index (χ2n) is 3.31. The fourth-order valence-electron chi connectivity index (χ4n) is 1.52. The molecule has 6 heteroatoms. The Hall–Kier alpha value is -1.82. The van der Waals surface area contributed by atoms with Gasteiger partial charge in [-0.25, -0.2) is 4.39 Å². The van der Waals surface area contributed by atoms with Gasteiger partial charge in [-0.1, -0.05) is 0 Å². The van der Waals surface area contributed by atoms with E-state index >= 15 is 0 Å². The summed E-state index contributed by atoms with van der Waals surface area (Å²) in [4.78, 5) is 10.5. The summed E-state index contributed by atoms with van der Waals surface area (Å²) in [6, 6.07) is 2.42. The van der Waals surface area contributed by atoms with Gasteiger partial charge in [0.2, 0.25) is 0 Å². The molecule has 0 amide bonds. The van der Waals surface area contributed by atoms with Crippen LogP contribution in [0.2, 0.25) is 0 Å². The Morgan fingerprint density at radius 1 is 1.41 bits per heavy atom. The quantitative estimate of drug-likeness (QED) is 0.817. The summed E-state index contributed by atoms with van der Waals surface area (Å²) in [6.07, 6.45) is -1.95. The summed E-state index contributed by atoms with van der Waals surface area (Å²) in [5.41, 5.74) is -0.00241. The van der Waals surface area contributed by atoms with Crippen molar-refractivity contribution >= 4 is 5.97 Å². The van der Waals surface area contributed by atoms with E-state index in [-0.39, 0.29) is 17.1 Å². The minimum Gasteiger partial charge on any atom is -0.496 e. The number of halogens is 1. The third-order valence-electron chi connectivity index (χ3n) is 2.23. The van der Waals surface area contributed by atoms with Crippen LogP contribution in [0, 0.1) is 5.82 Å². The molecule has 17 heavy (non-hydrogen) atoms. The number of aliphatic carboxylic acids is 1. The zero-order chi connectivity index (χ0) is 13.0. The maximum Gasteiger partial charge on any atom is 0.306 e. The molecule has 2 N–H and O–H groups in total. The molecule has 0 bridgehead atoms. The second kappa shape index (κ2) is 5.49. The van der Waals surface area contributed by atoms with Gasteiger partial charge in [0.05, 0.1) is 32.3 Å². The highest BCUT2D eigenvalue weighted by molar-refractivity contribution is 5.68. The largest absolute Gasteiger partial charge is 0.496 e. The number of hydrogen-bond acceptors (Lipinski definition) is 4. The third kappa shape index (κ3) is 2.85. The Kier molecular flexibility index (Phi) is 4.28. The van der Waals surface area contributed by atoms with Crippen LogP contribution in [0.1, 0.15) is 18.1 Å². The predicted molar refractivity (Wildman–Crippen MR) is 56.7 cm³/mol. The fraction of sp³-hybridized carbons (Fsp3) is 0.364. The summed E-state index contributed by atoms with van der Waals surface area (Å²) in [5.74, 6) is -1.92. The van der Waals surface area contributed by atoms with Gasteiger partial charge in [-0.2, -0.15) is 0 Å². The number of carbonyl (C=O) groups is 1. The lowest BCUT2D eigenvalue weighted by atomic mass is 10.0. The normalized spacial score (nSPS) is 12.0. The van der Waals surface area contributed by atoms with E-state index in [0.717, 1.165) is 6.07 Å². The van der Waals surface area contributed by atoms with Crippen LogP contribution < -0.4 is 9.47 Å². The van der Waals surface area contributed by atoms with E-state index in [1.807, 2.05) is 0 Å². The lowest BCUT2D eigenvalue weighted by molar-refractivity contribution is -0.139. The Morgan fingerprint density at radius 3 is 2.53 bits per heavy atom. The molecule has 0 unspecified atom stereocenters. The van der Waals surface area contributed by atoms with Crippen molar-refractivity contribution in [3.63, 3.8) is 0 Å². The van der Waals surface area contributed by atoms with E-state index in [0.29, 0.717) is 0 Å². The average molecular weight is 244 g/mol. The molecular formula is C11H13FO5. The Bertz CT molecular complexity index is 419.